The number of nitrogens with zero attached hydrogens (tertiary/aromatic N) is 1. The zero-order valence-electron chi connectivity index (χ0n) is 26.8. The molecular weight excluding hydrogens is 563 g/mol. The molecule has 234 valence electrons. The molecule has 8 nitrogen and oxygen atoms in total. The maximum absolute atomic E-state index is 14.2. The molecule has 2 aromatic heterocycles. The van der Waals surface area contributed by atoms with Crippen molar-refractivity contribution < 1.29 is 18.9 Å². The first-order valence-electron chi connectivity index (χ1n) is 16.4. The van der Waals surface area contributed by atoms with Gasteiger partial charge in [0, 0.05) is 35.1 Å². The summed E-state index contributed by atoms with van der Waals surface area (Å²) in [4.78, 5) is 35.7. The number of hydrogen-bond donors (Lipinski definition) is 3. The molecule has 1 aliphatic heterocycles. The van der Waals surface area contributed by atoms with Crippen molar-refractivity contribution >= 4 is 40.7 Å². The van der Waals surface area contributed by atoms with Gasteiger partial charge in [-0.25, -0.2) is 0 Å². The number of hydrogen-bond acceptors (Lipinski definition) is 5. The molecule has 2 bridgehead atoms. The summed E-state index contributed by atoms with van der Waals surface area (Å²) in [5.74, 6) is 0.408. The number of nitrogens with one attached hydrogen (secondary N) is 3. The number of rotatable bonds is 9. The number of pyridine rings is 1. The van der Waals surface area contributed by atoms with Crippen molar-refractivity contribution in [3.63, 3.8) is 0 Å². The van der Waals surface area contributed by atoms with Crippen LogP contribution >= 0.6 is 0 Å². The molecule has 9 heteroatoms. The Bertz CT molecular complexity index is 1750. The van der Waals surface area contributed by atoms with E-state index in [1.54, 1.807) is 6.20 Å². The Labute approximate surface area is 265 Å². The highest BCUT2D eigenvalue weighted by atomic mass is 16.7. The van der Waals surface area contributed by atoms with E-state index in [9.17, 15) is 9.59 Å². The second kappa shape index (κ2) is 11.3. The highest BCUT2D eigenvalue weighted by molar-refractivity contribution is 6.48. The average Bonchev–Trinajstić information content (AvgIpc) is 3.60. The van der Waals surface area contributed by atoms with Crippen LogP contribution in [0.5, 0.6) is 0 Å². The number of aromatic nitrogens is 2. The van der Waals surface area contributed by atoms with Crippen LogP contribution in [0.3, 0.4) is 0 Å². The van der Waals surface area contributed by atoms with Gasteiger partial charge in [0.05, 0.1) is 28.7 Å². The summed E-state index contributed by atoms with van der Waals surface area (Å²) < 4.78 is 13.4. The molecular formula is C36H43BN4O4. The molecule has 3 heterocycles. The predicted octanol–water partition coefficient (Wildman–Crippen LogP) is 5.86. The van der Waals surface area contributed by atoms with Crippen molar-refractivity contribution in [2.24, 2.45) is 23.2 Å². The van der Waals surface area contributed by atoms with Crippen molar-refractivity contribution in [3.05, 3.63) is 78.1 Å². The minimum atomic E-state index is -0.830. The zero-order chi connectivity index (χ0) is 31.5. The molecule has 4 aromatic rings. The molecule has 3 aliphatic carbocycles. The SMILES string of the molecule is CC(C)C[C@H](NC(=O)[C@H](Cc1c[nH]c2ccccc12)NC(=O)c1cnc2ccccc2c1)B1O[C@@H]2C[C@@H]3C[C@@H](C3(C)C)[C@]2(C)O1. The molecule has 2 aromatic carbocycles. The van der Waals surface area contributed by atoms with Gasteiger partial charge in [-0.15, -0.1) is 0 Å². The van der Waals surface area contributed by atoms with Crippen LogP contribution in [0.2, 0.25) is 0 Å². The van der Waals surface area contributed by atoms with Gasteiger partial charge in [0.15, 0.2) is 0 Å². The Hall–Kier alpha value is -3.69. The third kappa shape index (κ3) is 5.34. The maximum atomic E-state index is 14.2. The normalized spacial score (nSPS) is 26.4. The summed E-state index contributed by atoms with van der Waals surface area (Å²) in [5, 5.41) is 8.22. The first-order valence-corrected chi connectivity index (χ1v) is 16.4. The summed E-state index contributed by atoms with van der Waals surface area (Å²) in [6.07, 6.45) is 6.67. The lowest BCUT2D eigenvalue weighted by molar-refractivity contribution is -0.199. The first kappa shape index (κ1) is 30.0. The monoisotopic (exact) mass is 606 g/mol. The average molecular weight is 607 g/mol. The van der Waals surface area contributed by atoms with Crippen LogP contribution in [0.4, 0.5) is 0 Å². The molecule has 4 fully saturated rings. The van der Waals surface area contributed by atoms with Crippen LogP contribution in [0, 0.1) is 23.2 Å². The van der Waals surface area contributed by atoms with E-state index in [0.717, 1.165) is 33.8 Å². The van der Waals surface area contributed by atoms with Gasteiger partial charge in [-0.05, 0) is 73.1 Å². The number of carbonyl (C=O) groups is 2. The first-order chi connectivity index (χ1) is 21.5. The minimum absolute atomic E-state index is 0.0213. The highest BCUT2D eigenvalue weighted by Gasteiger charge is 2.68. The lowest BCUT2D eigenvalue weighted by Crippen LogP contribution is -2.65. The lowest BCUT2D eigenvalue weighted by atomic mass is 9.43. The van der Waals surface area contributed by atoms with Crippen LogP contribution in [-0.2, 0) is 20.5 Å². The molecule has 3 saturated carbocycles. The van der Waals surface area contributed by atoms with Crippen molar-refractivity contribution in [2.45, 2.75) is 84.0 Å². The van der Waals surface area contributed by atoms with Gasteiger partial charge in [0.2, 0.25) is 5.91 Å². The van der Waals surface area contributed by atoms with E-state index in [1.165, 1.54) is 6.42 Å². The van der Waals surface area contributed by atoms with E-state index >= 15 is 0 Å². The zero-order valence-corrected chi connectivity index (χ0v) is 26.8. The Balaban J connectivity index is 1.15. The van der Waals surface area contributed by atoms with E-state index in [-0.39, 0.29) is 34.9 Å². The van der Waals surface area contributed by atoms with Crippen molar-refractivity contribution in [3.8, 4) is 0 Å². The maximum Gasteiger partial charge on any atom is 0.481 e. The Morgan fingerprint density at radius 1 is 1.07 bits per heavy atom. The van der Waals surface area contributed by atoms with Crippen molar-refractivity contribution in [1.29, 1.82) is 0 Å². The second-order valence-electron chi connectivity index (χ2n) is 14.6. The van der Waals surface area contributed by atoms with Crippen LogP contribution in [0.15, 0.2) is 67.0 Å². The number of carbonyl (C=O) groups excluding carboxylic acids is 2. The molecule has 0 radical (unpaired) electrons. The third-order valence-electron chi connectivity index (χ3n) is 10.9. The Kier molecular flexibility index (Phi) is 7.52. The summed E-state index contributed by atoms with van der Waals surface area (Å²) in [6.45, 7) is 11.2. The van der Waals surface area contributed by atoms with Crippen LogP contribution in [0.1, 0.15) is 69.8 Å². The molecule has 2 amide bonds. The molecule has 3 N–H and O–H groups in total. The van der Waals surface area contributed by atoms with Crippen molar-refractivity contribution in [2.75, 3.05) is 0 Å². The Morgan fingerprint density at radius 3 is 2.64 bits per heavy atom. The standard InChI is InChI=1S/C36H43BN4O4/c1-21(2)14-32(37-44-31-18-25-17-30(35(25,3)4)36(31,5)45-37)41-34(43)29(16-23-19-39-28-13-9-7-11-26(23)28)40-33(42)24-15-22-10-6-8-12-27(22)38-20-24/h6-13,15,19-21,25,29-32,39H,14,16-18H2,1-5H3,(H,40,42)(H,41,43)/t25-,29-,30-,31+,32-,36-/m0/s1. The van der Waals surface area contributed by atoms with E-state index in [0.29, 0.717) is 36.2 Å². The number of aromatic amines is 1. The number of benzene rings is 2. The van der Waals surface area contributed by atoms with Crippen LogP contribution in [-0.4, -0.2) is 52.6 Å². The van der Waals surface area contributed by atoms with Gasteiger partial charge in [0.1, 0.15) is 6.04 Å². The van der Waals surface area contributed by atoms with Crippen LogP contribution in [0.25, 0.3) is 21.8 Å². The number of amides is 2. The van der Waals surface area contributed by atoms with Gasteiger partial charge >= 0.3 is 7.12 Å². The second-order valence-corrected chi connectivity index (χ2v) is 14.6. The number of fused-ring (bicyclic) bond motifs is 2. The van der Waals surface area contributed by atoms with Gasteiger partial charge in [-0.2, -0.15) is 0 Å². The summed E-state index contributed by atoms with van der Waals surface area (Å²) in [7, 11) is -0.546. The fourth-order valence-electron chi connectivity index (χ4n) is 8.27. The largest absolute Gasteiger partial charge is 0.481 e. The Morgan fingerprint density at radius 2 is 1.84 bits per heavy atom. The quantitative estimate of drug-likeness (QED) is 0.207. The lowest BCUT2D eigenvalue weighted by Gasteiger charge is -2.64. The topological polar surface area (TPSA) is 105 Å². The van der Waals surface area contributed by atoms with Crippen molar-refractivity contribution in [1.82, 2.24) is 20.6 Å². The van der Waals surface area contributed by atoms with E-state index < -0.39 is 13.2 Å². The number of H-pyrrole nitrogens is 1. The minimum Gasteiger partial charge on any atom is -0.404 e. The van der Waals surface area contributed by atoms with E-state index in [4.69, 9.17) is 9.31 Å². The molecule has 4 aliphatic rings. The molecule has 0 spiro atoms. The van der Waals surface area contributed by atoms with Gasteiger partial charge < -0.3 is 24.9 Å². The predicted molar refractivity (Wildman–Crippen MR) is 176 cm³/mol. The fourth-order valence-corrected chi connectivity index (χ4v) is 8.27. The summed E-state index contributed by atoms with van der Waals surface area (Å²) >= 11 is 0. The highest BCUT2D eigenvalue weighted by Crippen LogP contribution is 2.65. The van der Waals surface area contributed by atoms with Crippen LogP contribution < -0.4 is 10.6 Å². The van der Waals surface area contributed by atoms with E-state index in [1.807, 2.05) is 60.8 Å². The molecule has 8 rings (SSSR count). The number of para-hydroxylation sites is 2. The molecule has 45 heavy (non-hydrogen) atoms. The fraction of sp³-hybridized carbons (Fsp3) is 0.472. The third-order valence-corrected chi connectivity index (χ3v) is 10.9. The molecule has 0 unspecified atom stereocenters. The smallest absolute Gasteiger partial charge is 0.404 e. The summed E-state index contributed by atoms with van der Waals surface area (Å²) in [5.41, 5.74) is 3.02. The van der Waals surface area contributed by atoms with E-state index in [2.05, 4.69) is 55.2 Å². The van der Waals surface area contributed by atoms with Gasteiger partial charge in [0.25, 0.3) is 5.91 Å². The molecule has 6 atom stereocenters. The summed E-state index contributed by atoms with van der Waals surface area (Å²) in [6, 6.07) is 16.6. The van der Waals surface area contributed by atoms with Gasteiger partial charge in [-0.3, -0.25) is 14.6 Å². The van der Waals surface area contributed by atoms with Gasteiger partial charge in [-0.1, -0.05) is 64.1 Å². The molecule has 1 saturated heterocycles.